The molecular weight excluding hydrogens is 216 g/mol. The third-order valence-electron chi connectivity index (χ3n) is 3.18. The fourth-order valence-electron chi connectivity index (χ4n) is 2.36. The highest BCUT2D eigenvalue weighted by molar-refractivity contribution is 6.09. The number of rotatable bonds is 0. The van der Waals surface area contributed by atoms with Crippen molar-refractivity contribution in [2.75, 3.05) is 5.73 Å². The molecule has 1 aromatic carbocycles. The molecule has 0 fully saturated rings. The number of nitrogens with zero attached hydrogens (tertiary/aromatic N) is 1. The van der Waals surface area contributed by atoms with Gasteiger partial charge in [0.15, 0.2) is 5.78 Å². The second-order valence-electron chi connectivity index (χ2n) is 4.33. The first kappa shape index (κ1) is 10.1. The first-order valence-electron chi connectivity index (χ1n) is 5.61. The van der Waals surface area contributed by atoms with Crippen molar-refractivity contribution in [2.45, 2.75) is 19.3 Å². The molecule has 0 aliphatic heterocycles. The standard InChI is InChI=1S/C13H12N2O2/c14-13-8-6-7(16)4-5-9(8)15-10-2-1-3-11(17)12(10)13/h4-6,16H,1-3H2,(H2,14,15). The Bertz CT molecular complexity index is 635. The van der Waals surface area contributed by atoms with Crippen LogP contribution < -0.4 is 5.73 Å². The summed E-state index contributed by atoms with van der Waals surface area (Å²) in [6.07, 6.45) is 2.16. The van der Waals surface area contributed by atoms with E-state index < -0.39 is 0 Å². The van der Waals surface area contributed by atoms with Crippen LogP contribution in [0.3, 0.4) is 0 Å². The van der Waals surface area contributed by atoms with Crippen LogP contribution in [-0.2, 0) is 6.42 Å². The maximum Gasteiger partial charge on any atom is 0.166 e. The Morgan fingerprint density at radius 1 is 1.29 bits per heavy atom. The summed E-state index contributed by atoms with van der Waals surface area (Å²) < 4.78 is 0. The molecule has 1 aromatic heterocycles. The fourth-order valence-corrected chi connectivity index (χ4v) is 2.36. The van der Waals surface area contributed by atoms with Gasteiger partial charge in [-0.1, -0.05) is 0 Å². The smallest absolute Gasteiger partial charge is 0.166 e. The fraction of sp³-hybridized carbons (Fsp3) is 0.231. The van der Waals surface area contributed by atoms with Crippen molar-refractivity contribution in [3.63, 3.8) is 0 Å². The highest BCUT2D eigenvalue weighted by atomic mass is 16.3. The summed E-state index contributed by atoms with van der Waals surface area (Å²) in [5.41, 5.74) is 8.55. The Labute approximate surface area is 98.1 Å². The number of aryl methyl sites for hydroxylation is 1. The lowest BCUT2D eigenvalue weighted by Gasteiger charge is -2.17. The van der Waals surface area contributed by atoms with Gasteiger partial charge in [-0.15, -0.1) is 0 Å². The summed E-state index contributed by atoms with van der Waals surface area (Å²) >= 11 is 0. The first-order chi connectivity index (χ1) is 8.16. The molecule has 1 aliphatic carbocycles. The van der Waals surface area contributed by atoms with Gasteiger partial charge in [0.05, 0.1) is 22.5 Å². The molecule has 0 radical (unpaired) electrons. The second kappa shape index (κ2) is 3.45. The van der Waals surface area contributed by atoms with Crippen LogP contribution in [0.1, 0.15) is 28.9 Å². The molecule has 3 N–H and O–H groups in total. The van der Waals surface area contributed by atoms with Gasteiger partial charge in [0.25, 0.3) is 0 Å². The Morgan fingerprint density at radius 3 is 2.94 bits per heavy atom. The number of aromatic hydroxyl groups is 1. The summed E-state index contributed by atoms with van der Waals surface area (Å²) in [5, 5.41) is 10.1. The molecule has 0 amide bonds. The van der Waals surface area contributed by atoms with E-state index >= 15 is 0 Å². The number of fused-ring (bicyclic) bond motifs is 2. The molecule has 2 aromatic rings. The Hall–Kier alpha value is -2.10. The summed E-state index contributed by atoms with van der Waals surface area (Å²) in [6.45, 7) is 0. The van der Waals surface area contributed by atoms with Crippen LogP contribution in [0.4, 0.5) is 5.69 Å². The zero-order valence-corrected chi connectivity index (χ0v) is 9.23. The summed E-state index contributed by atoms with van der Waals surface area (Å²) in [6, 6.07) is 4.85. The van der Waals surface area contributed by atoms with Crippen molar-refractivity contribution in [2.24, 2.45) is 0 Å². The quantitative estimate of drug-likeness (QED) is 0.723. The van der Waals surface area contributed by atoms with Crippen LogP contribution in [0.5, 0.6) is 5.75 Å². The molecule has 0 spiro atoms. The van der Waals surface area contributed by atoms with E-state index in [-0.39, 0.29) is 11.5 Å². The number of Topliss-reactive ketones (excluding diaryl/α,β-unsaturated/α-hetero) is 1. The Balaban J connectivity index is 2.40. The van der Waals surface area contributed by atoms with Crippen LogP contribution in [0.2, 0.25) is 0 Å². The van der Waals surface area contributed by atoms with Crippen LogP contribution in [-0.4, -0.2) is 15.9 Å². The highest BCUT2D eigenvalue weighted by Crippen LogP contribution is 2.32. The largest absolute Gasteiger partial charge is 0.508 e. The van der Waals surface area contributed by atoms with Gasteiger partial charge in [-0.3, -0.25) is 9.78 Å². The first-order valence-corrected chi connectivity index (χ1v) is 5.61. The number of benzene rings is 1. The number of phenolic OH excluding ortho intramolecular Hbond substituents is 1. The van der Waals surface area contributed by atoms with Crippen molar-refractivity contribution in [1.29, 1.82) is 0 Å². The van der Waals surface area contributed by atoms with Crippen molar-refractivity contribution in [3.05, 3.63) is 29.5 Å². The number of hydrogen-bond acceptors (Lipinski definition) is 4. The molecule has 0 bridgehead atoms. The lowest BCUT2D eigenvalue weighted by Crippen LogP contribution is -2.15. The zero-order chi connectivity index (χ0) is 12.0. The number of ketones is 1. The SMILES string of the molecule is Nc1c2c(nc3ccc(O)cc13)CCCC2=O. The van der Waals surface area contributed by atoms with Crippen molar-refractivity contribution >= 4 is 22.4 Å². The van der Waals surface area contributed by atoms with Crippen LogP contribution in [0, 0.1) is 0 Å². The molecule has 0 unspecified atom stereocenters. The molecule has 0 atom stereocenters. The van der Waals surface area contributed by atoms with Gasteiger partial charge in [0, 0.05) is 11.8 Å². The number of hydrogen-bond donors (Lipinski definition) is 2. The number of aromatic nitrogens is 1. The molecule has 17 heavy (non-hydrogen) atoms. The molecule has 4 heteroatoms. The third-order valence-corrected chi connectivity index (χ3v) is 3.18. The van der Waals surface area contributed by atoms with Crippen LogP contribution in [0.25, 0.3) is 10.9 Å². The van der Waals surface area contributed by atoms with Crippen molar-refractivity contribution in [3.8, 4) is 5.75 Å². The van der Waals surface area contributed by atoms with Crippen LogP contribution in [0.15, 0.2) is 18.2 Å². The molecule has 1 heterocycles. The van der Waals surface area contributed by atoms with Crippen molar-refractivity contribution < 1.29 is 9.90 Å². The lowest BCUT2D eigenvalue weighted by molar-refractivity contribution is 0.0972. The second-order valence-corrected chi connectivity index (χ2v) is 4.33. The predicted octanol–water partition coefficient (Wildman–Crippen LogP) is 2.04. The average Bonchev–Trinajstić information content (AvgIpc) is 2.30. The van der Waals surface area contributed by atoms with E-state index in [1.165, 1.54) is 0 Å². The van der Waals surface area contributed by atoms with Gasteiger partial charge in [-0.25, -0.2) is 0 Å². The van der Waals surface area contributed by atoms with Crippen molar-refractivity contribution in [1.82, 2.24) is 4.98 Å². The van der Waals surface area contributed by atoms with Gasteiger partial charge in [0.1, 0.15) is 5.75 Å². The van der Waals surface area contributed by atoms with Gasteiger partial charge < -0.3 is 10.8 Å². The van der Waals surface area contributed by atoms with E-state index in [2.05, 4.69) is 4.98 Å². The average molecular weight is 228 g/mol. The van der Waals surface area contributed by atoms with Gasteiger partial charge in [-0.2, -0.15) is 0 Å². The van der Waals surface area contributed by atoms with E-state index in [1.54, 1.807) is 18.2 Å². The van der Waals surface area contributed by atoms with E-state index in [0.717, 1.165) is 24.1 Å². The van der Waals surface area contributed by atoms with E-state index in [0.29, 0.717) is 23.1 Å². The number of nitrogen functional groups attached to an aromatic ring is 1. The van der Waals surface area contributed by atoms with Gasteiger partial charge in [0.2, 0.25) is 0 Å². The maximum atomic E-state index is 11.9. The molecule has 1 aliphatic rings. The molecule has 0 saturated carbocycles. The molecule has 0 saturated heterocycles. The summed E-state index contributed by atoms with van der Waals surface area (Å²) in [5.74, 6) is 0.190. The van der Waals surface area contributed by atoms with E-state index in [9.17, 15) is 9.90 Å². The van der Waals surface area contributed by atoms with Gasteiger partial charge in [-0.05, 0) is 31.0 Å². The number of carbonyl (C=O) groups excluding carboxylic acids is 1. The van der Waals surface area contributed by atoms with Crippen LogP contribution >= 0.6 is 0 Å². The van der Waals surface area contributed by atoms with Gasteiger partial charge >= 0.3 is 0 Å². The minimum atomic E-state index is 0.0569. The number of anilines is 1. The topological polar surface area (TPSA) is 76.2 Å². The maximum absolute atomic E-state index is 11.9. The number of nitrogens with two attached hydrogens (primary N) is 1. The number of pyridine rings is 1. The normalized spacial score (nSPS) is 14.9. The highest BCUT2D eigenvalue weighted by Gasteiger charge is 2.23. The Morgan fingerprint density at radius 2 is 2.12 bits per heavy atom. The number of phenols is 1. The van der Waals surface area contributed by atoms with E-state index in [1.807, 2.05) is 0 Å². The number of carbonyl (C=O) groups is 1. The molecular formula is C13H12N2O2. The molecule has 86 valence electrons. The summed E-state index contributed by atoms with van der Waals surface area (Å²) in [4.78, 5) is 16.3. The Kier molecular flexibility index (Phi) is 2.04. The minimum absolute atomic E-state index is 0.0569. The zero-order valence-electron chi connectivity index (χ0n) is 9.23. The predicted molar refractivity (Wildman–Crippen MR) is 65.1 cm³/mol. The third kappa shape index (κ3) is 1.45. The minimum Gasteiger partial charge on any atom is -0.508 e. The summed E-state index contributed by atoms with van der Waals surface area (Å²) in [7, 11) is 0. The lowest BCUT2D eigenvalue weighted by atomic mass is 9.92. The monoisotopic (exact) mass is 228 g/mol. The van der Waals surface area contributed by atoms with E-state index in [4.69, 9.17) is 5.73 Å². The molecule has 4 nitrogen and oxygen atoms in total. The molecule has 3 rings (SSSR count).